The fourth-order valence-corrected chi connectivity index (χ4v) is 13.5. The van der Waals surface area contributed by atoms with Gasteiger partial charge in [-0.1, -0.05) is 107 Å². The summed E-state index contributed by atoms with van der Waals surface area (Å²) in [5, 5.41) is 9.41. The van der Waals surface area contributed by atoms with E-state index in [1.807, 2.05) is 55.0 Å². The van der Waals surface area contributed by atoms with E-state index in [1.165, 1.54) is 34.4 Å². The minimum absolute atomic E-state index is 0.0163. The Bertz CT molecular complexity index is 3340. The lowest BCUT2D eigenvalue weighted by atomic mass is 9.42. The summed E-state index contributed by atoms with van der Waals surface area (Å²) < 4.78 is 52.8. The minimum Gasteiger partial charge on any atom is -0.467 e. The van der Waals surface area contributed by atoms with Gasteiger partial charge in [-0.05, 0) is 151 Å². The number of thiazole rings is 2. The number of benzene rings is 2. The van der Waals surface area contributed by atoms with E-state index in [0.717, 1.165) is 117 Å². The van der Waals surface area contributed by atoms with Crippen LogP contribution in [0.4, 0.5) is 20.8 Å². The van der Waals surface area contributed by atoms with E-state index in [2.05, 4.69) is 135 Å². The van der Waals surface area contributed by atoms with Crippen LogP contribution in [-0.4, -0.2) is 97.8 Å². The molecule has 0 spiro atoms. The average Bonchev–Trinajstić information content (AvgIpc) is 4.36. The molecule has 3 fully saturated rings. The van der Waals surface area contributed by atoms with Gasteiger partial charge in [-0.15, -0.1) is 23.5 Å². The molecule has 3 aliphatic heterocycles. The zero-order chi connectivity index (χ0) is 57.0. The van der Waals surface area contributed by atoms with Gasteiger partial charge in [0.1, 0.15) is 49.1 Å². The van der Waals surface area contributed by atoms with Crippen LogP contribution in [0.25, 0.3) is 32.0 Å². The van der Waals surface area contributed by atoms with Gasteiger partial charge in [0, 0.05) is 53.4 Å². The monoisotopic (exact) mass is 1230 g/mol. The third-order valence-electron chi connectivity index (χ3n) is 16.3. The first kappa shape index (κ1) is 59.7. The summed E-state index contributed by atoms with van der Waals surface area (Å²) in [4.78, 5) is 35.1. The maximum atomic E-state index is 14.6. The molecule has 0 amide bonds. The number of piperidine rings is 2. The van der Waals surface area contributed by atoms with Crippen LogP contribution >= 0.6 is 62.1 Å². The van der Waals surface area contributed by atoms with Gasteiger partial charge < -0.3 is 28.3 Å². The van der Waals surface area contributed by atoms with Crippen LogP contribution in [0, 0.1) is 34.3 Å². The van der Waals surface area contributed by atoms with Crippen LogP contribution in [0.5, 0.6) is 10.4 Å². The summed E-state index contributed by atoms with van der Waals surface area (Å²) in [6, 6.07) is 19.7. The number of halogens is 3. The van der Waals surface area contributed by atoms with Gasteiger partial charge in [0.2, 0.25) is 0 Å². The molecule has 9 heterocycles. The van der Waals surface area contributed by atoms with E-state index in [4.69, 9.17) is 18.5 Å². The molecule has 3 saturated heterocycles. The van der Waals surface area contributed by atoms with Gasteiger partial charge in [-0.3, -0.25) is 0 Å². The zero-order valence-electron chi connectivity index (χ0n) is 47.8. The van der Waals surface area contributed by atoms with Crippen molar-refractivity contribution in [3.8, 4) is 21.6 Å². The van der Waals surface area contributed by atoms with Crippen LogP contribution in [0.15, 0.2) is 84.1 Å². The summed E-state index contributed by atoms with van der Waals surface area (Å²) in [5.41, 5.74) is 4.19. The molecule has 0 saturated carbocycles. The van der Waals surface area contributed by atoms with Crippen LogP contribution in [0.2, 0.25) is 12.6 Å². The smallest absolute Gasteiger partial charge is 0.324 e. The molecule has 8 aromatic rings. The second-order valence-corrected chi connectivity index (χ2v) is 27.5. The molecule has 0 bridgehead atoms. The van der Waals surface area contributed by atoms with Gasteiger partial charge in [-0.25, -0.2) is 28.7 Å². The minimum atomic E-state index is -0.273. The van der Waals surface area contributed by atoms with E-state index in [-0.39, 0.29) is 46.5 Å². The summed E-state index contributed by atoms with van der Waals surface area (Å²) in [6.07, 6.45) is 10.2. The topological polar surface area (TPSA) is 154 Å². The Morgan fingerprint density at radius 1 is 0.613 bits per heavy atom. The molecule has 2 unspecified atom stereocenters. The van der Waals surface area contributed by atoms with Crippen molar-refractivity contribution in [3.63, 3.8) is 0 Å². The maximum Gasteiger partial charge on any atom is 0.324 e. The fraction of sp³-hybridized carbons (Fsp3) is 0.517. The Morgan fingerprint density at radius 2 is 1.07 bits per heavy atom. The molecular formula is C58H72BBrF2N10O4S4. The number of aromatic nitrogens is 8. The molecular weight excluding hydrogens is 1160 g/mol. The predicted octanol–water partition coefficient (Wildman–Crippen LogP) is 15.4. The van der Waals surface area contributed by atoms with E-state index >= 15 is 0 Å². The highest BCUT2D eigenvalue weighted by molar-refractivity contribution is 9.10. The number of rotatable bonds is 14. The highest BCUT2D eigenvalue weighted by atomic mass is 79.9. The highest BCUT2D eigenvalue weighted by Gasteiger charge is 2.48. The van der Waals surface area contributed by atoms with Crippen LogP contribution in [-0.2, 0) is 0 Å². The average molecular weight is 1230 g/mol. The molecule has 0 N–H and O–H groups in total. The number of fused-ring (bicyclic) bond motifs is 2. The van der Waals surface area contributed by atoms with Crippen molar-refractivity contribution in [3.05, 3.63) is 88.6 Å². The van der Waals surface area contributed by atoms with E-state index in [1.54, 1.807) is 30.0 Å². The molecule has 14 nitrogen and oxygen atoms in total. The van der Waals surface area contributed by atoms with Crippen LogP contribution < -0.4 is 24.7 Å². The molecule has 11 rings (SSSR count). The Kier molecular flexibility index (Phi) is 19.2. The zero-order valence-corrected chi connectivity index (χ0v) is 52.6. The number of nitrogens with zero attached hydrogens (tertiary/aromatic N) is 10. The lowest BCUT2D eigenvalue weighted by molar-refractivity contribution is 0.131. The summed E-state index contributed by atoms with van der Waals surface area (Å²) >= 11 is 9.39. The SMILES string of the molecule is CC(C)c1noc(N2CCC(C(C)Oc3nc4ccc(Br)nc4s3)CC2)n1.CSc1ccc(-c2ccc3nc(OC(C)C4CCN(c5nc(C(C)C)no5)CC4)sc3n2)c(F)c1.CSc1ccc(B2CC(C)(C)C(C)(C)C2)c(F)c1. The molecule has 6 aromatic heterocycles. The lowest BCUT2D eigenvalue weighted by Gasteiger charge is -2.35. The van der Waals surface area contributed by atoms with Crippen LogP contribution in [0.1, 0.15) is 118 Å². The van der Waals surface area contributed by atoms with Crippen molar-refractivity contribution in [2.45, 2.75) is 141 Å². The first-order valence-corrected chi connectivity index (χ1v) is 32.4. The number of pyridine rings is 2. The number of anilines is 2. The fourth-order valence-electron chi connectivity index (χ4n) is 10.5. The van der Waals surface area contributed by atoms with Crippen molar-refractivity contribution >= 4 is 107 Å². The van der Waals surface area contributed by atoms with Gasteiger partial charge in [0.05, 0.1) is 5.69 Å². The second-order valence-electron chi connectivity index (χ2n) is 23.0. The van der Waals surface area contributed by atoms with Crippen molar-refractivity contribution in [1.29, 1.82) is 0 Å². The molecule has 426 valence electrons. The molecule has 0 aliphatic carbocycles. The van der Waals surface area contributed by atoms with Gasteiger partial charge in [0.25, 0.3) is 10.4 Å². The Morgan fingerprint density at radius 3 is 1.52 bits per heavy atom. The Hall–Kier alpha value is -4.90. The molecule has 22 heteroatoms. The number of hydrogen-bond acceptors (Lipinski definition) is 18. The van der Waals surface area contributed by atoms with Gasteiger partial charge in [-0.2, -0.15) is 9.97 Å². The molecule has 2 atom stereocenters. The van der Waals surface area contributed by atoms with E-state index in [9.17, 15) is 8.78 Å². The number of thioether (sulfide) groups is 2. The molecule has 3 aliphatic rings. The van der Waals surface area contributed by atoms with E-state index in [0.29, 0.717) is 52.2 Å². The summed E-state index contributed by atoms with van der Waals surface area (Å²) in [7, 11) is 0. The summed E-state index contributed by atoms with van der Waals surface area (Å²) in [6.45, 7) is 25.5. The molecule has 0 radical (unpaired) electrons. The highest BCUT2D eigenvalue weighted by Crippen LogP contribution is 2.53. The largest absolute Gasteiger partial charge is 0.467 e. The third-order valence-corrected chi connectivity index (χ3v) is 19.9. The van der Waals surface area contributed by atoms with Crippen molar-refractivity contribution < 1.29 is 27.3 Å². The second kappa shape index (κ2) is 25.7. The Balaban J connectivity index is 0.000000153. The first-order chi connectivity index (χ1) is 38.2. The van der Waals surface area contributed by atoms with Crippen molar-refractivity contribution in [1.82, 2.24) is 40.2 Å². The quantitative estimate of drug-likeness (QED) is 0.0575. The third kappa shape index (κ3) is 14.1. The van der Waals surface area contributed by atoms with E-state index < -0.39 is 0 Å². The predicted molar refractivity (Wildman–Crippen MR) is 327 cm³/mol. The van der Waals surface area contributed by atoms with Crippen molar-refractivity contribution in [2.75, 3.05) is 48.5 Å². The normalized spacial score (nSPS) is 17.4. The standard InChI is InChI=1S/C25H28FN5O2S2.C18H22BrN5O2S.C15H22BFS/c1-14(2)22-29-24(33-30-22)31-11-9-16(10-12-31)15(3)32-25-28-21-8-7-20(27-23(21)35-25)18-6-5-17(34-4)13-19(18)26;1-10(2)15-22-17(26-23-15)24-8-6-12(7-9-24)11(3)25-18-20-13-4-5-14(19)21-16(13)27-18;1-14(2)9-16(10-15(14,3)4)12-7-6-11(18-5)8-13(12)17/h5-8,13-16H,9-12H2,1-4H3;4-5,10-12H,6-9H2,1-3H3;6-8H,9-10H2,1-5H3. The first-order valence-electron chi connectivity index (χ1n) is 27.6. The maximum absolute atomic E-state index is 14.6. The van der Waals surface area contributed by atoms with Crippen LogP contribution in [0.3, 0.4) is 0 Å². The van der Waals surface area contributed by atoms with Gasteiger partial charge in [0.15, 0.2) is 18.4 Å². The number of hydrogen-bond donors (Lipinski definition) is 0. The summed E-state index contributed by atoms with van der Waals surface area (Å²) in [5.74, 6) is 2.60. The number of ether oxygens (including phenoxy) is 2. The van der Waals surface area contributed by atoms with Gasteiger partial charge >= 0.3 is 12.0 Å². The lowest BCUT2D eigenvalue weighted by Crippen LogP contribution is -2.38. The Labute approximate surface area is 494 Å². The molecule has 80 heavy (non-hydrogen) atoms. The van der Waals surface area contributed by atoms with Crippen molar-refractivity contribution in [2.24, 2.45) is 22.7 Å². The molecule has 2 aromatic carbocycles.